The Morgan fingerprint density at radius 1 is 1.12 bits per heavy atom. The highest BCUT2D eigenvalue weighted by Gasteiger charge is 2.54. The third-order valence-electron chi connectivity index (χ3n) is 6.74. The zero-order chi connectivity index (χ0) is 17.8. The predicted molar refractivity (Wildman–Crippen MR) is 98.1 cm³/mol. The third kappa shape index (κ3) is 2.33. The maximum atomic E-state index is 13.3. The highest BCUT2D eigenvalue weighted by Crippen LogP contribution is 2.47. The van der Waals surface area contributed by atoms with Crippen LogP contribution in [-0.2, 0) is 0 Å². The van der Waals surface area contributed by atoms with E-state index in [0.717, 1.165) is 6.54 Å². The molecule has 2 bridgehead atoms. The Balaban J connectivity index is 1.53. The second-order valence-electron chi connectivity index (χ2n) is 8.12. The molecule has 136 valence electrons. The van der Waals surface area contributed by atoms with Gasteiger partial charge in [-0.2, -0.15) is 0 Å². The van der Waals surface area contributed by atoms with Crippen LogP contribution in [0, 0.1) is 19.8 Å². The molecule has 2 aromatic rings. The van der Waals surface area contributed by atoms with E-state index in [2.05, 4.69) is 46.1 Å². The highest BCUT2D eigenvalue weighted by atomic mass is 16.5. The SMILES string of the molecule is Cc1ccc([C@@H]2CN(C(=O)c3cnoc3C)[C@H]3C4CCN(CC4)[C@@H]23)cc1. The quantitative estimate of drug-likeness (QED) is 0.835. The number of aromatic nitrogens is 1. The van der Waals surface area contributed by atoms with Crippen LogP contribution in [0.5, 0.6) is 0 Å². The zero-order valence-electron chi connectivity index (χ0n) is 15.4. The van der Waals surface area contributed by atoms with Crippen LogP contribution in [0.2, 0.25) is 0 Å². The lowest BCUT2D eigenvalue weighted by atomic mass is 9.75. The van der Waals surface area contributed by atoms with Crippen molar-refractivity contribution >= 4 is 5.91 Å². The first-order valence-corrected chi connectivity index (χ1v) is 9.66. The molecular weight excluding hydrogens is 326 g/mol. The van der Waals surface area contributed by atoms with Gasteiger partial charge in [0, 0.05) is 18.5 Å². The monoisotopic (exact) mass is 351 g/mol. The molecule has 26 heavy (non-hydrogen) atoms. The molecule has 1 aromatic carbocycles. The van der Waals surface area contributed by atoms with Gasteiger partial charge in [-0.05, 0) is 51.3 Å². The van der Waals surface area contributed by atoms with E-state index < -0.39 is 0 Å². The van der Waals surface area contributed by atoms with Gasteiger partial charge in [0.05, 0.1) is 12.2 Å². The molecule has 0 unspecified atom stereocenters. The summed E-state index contributed by atoms with van der Waals surface area (Å²) in [7, 11) is 0. The van der Waals surface area contributed by atoms with E-state index in [4.69, 9.17) is 4.52 Å². The lowest BCUT2D eigenvalue weighted by Gasteiger charge is -2.51. The largest absolute Gasteiger partial charge is 0.361 e. The molecule has 0 N–H and O–H groups in total. The molecule has 3 atom stereocenters. The molecule has 4 aliphatic rings. The minimum absolute atomic E-state index is 0.0853. The summed E-state index contributed by atoms with van der Waals surface area (Å²) in [4.78, 5) is 18.1. The van der Waals surface area contributed by atoms with Gasteiger partial charge in [0.25, 0.3) is 5.91 Å². The third-order valence-corrected chi connectivity index (χ3v) is 6.74. The van der Waals surface area contributed by atoms with E-state index in [1.54, 1.807) is 6.20 Å². The average Bonchev–Trinajstić information content (AvgIpc) is 3.28. The lowest BCUT2D eigenvalue weighted by Crippen LogP contribution is -2.60. The highest BCUT2D eigenvalue weighted by molar-refractivity contribution is 5.95. The second-order valence-corrected chi connectivity index (χ2v) is 8.12. The van der Waals surface area contributed by atoms with Gasteiger partial charge < -0.3 is 9.42 Å². The molecule has 6 rings (SSSR count). The summed E-state index contributed by atoms with van der Waals surface area (Å²) >= 11 is 0. The van der Waals surface area contributed by atoms with Crippen LogP contribution in [0.3, 0.4) is 0 Å². The van der Waals surface area contributed by atoms with Crippen molar-refractivity contribution in [3.63, 3.8) is 0 Å². The normalized spacial score (nSPS) is 32.7. The Hall–Kier alpha value is -2.14. The maximum absolute atomic E-state index is 13.3. The fourth-order valence-electron chi connectivity index (χ4n) is 5.42. The molecule has 5 nitrogen and oxygen atoms in total. The van der Waals surface area contributed by atoms with Gasteiger partial charge in [0.2, 0.25) is 0 Å². The van der Waals surface area contributed by atoms with Gasteiger partial charge in [-0.1, -0.05) is 35.0 Å². The van der Waals surface area contributed by atoms with Crippen LogP contribution >= 0.6 is 0 Å². The number of likely N-dealkylation sites (tertiary alicyclic amines) is 1. The van der Waals surface area contributed by atoms with Crippen molar-refractivity contribution in [3.05, 3.63) is 52.9 Å². The van der Waals surface area contributed by atoms with Crippen LogP contribution in [0.25, 0.3) is 0 Å². The van der Waals surface area contributed by atoms with Crippen LogP contribution in [0.4, 0.5) is 0 Å². The number of aryl methyl sites for hydroxylation is 2. The number of fused-ring (bicyclic) bond motifs is 2. The number of hydrogen-bond donors (Lipinski definition) is 0. The molecule has 1 aromatic heterocycles. The fraction of sp³-hybridized carbons (Fsp3) is 0.524. The van der Waals surface area contributed by atoms with E-state index in [1.807, 2.05) is 6.92 Å². The minimum Gasteiger partial charge on any atom is -0.361 e. The Morgan fingerprint density at radius 2 is 1.85 bits per heavy atom. The zero-order valence-corrected chi connectivity index (χ0v) is 15.4. The van der Waals surface area contributed by atoms with Crippen molar-refractivity contribution in [1.29, 1.82) is 0 Å². The molecule has 0 spiro atoms. The van der Waals surface area contributed by atoms with Crippen molar-refractivity contribution in [1.82, 2.24) is 15.0 Å². The molecule has 1 amide bonds. The molecule has 0 radical (unpaired) electrons. The van der Waals surface area contributed by atoms with E-state index in [-0.39, 0.29) is 5.91 Å². The molecule has 5 heteroatoms. The van der Waals surface area contributed by atoms with Gasteiger partial charge in [-0.3, -0.25) is 9.69 Å². The Morgan fingerprint density at radius 3 is 2.50 bits per heavy atom. The van der Waals surface area contributed by atoms with Crippen molar-refractivity contribution in [3.8, 4) is 0 Å². The summed E-state index contributed by atoms with van der Waals surface area (Å²) in [6.45, 7) is 7.07. The number of hydrogen-bond acceptors (Lipinski definition) is 4. The standard InChI is InChI=1S/C21H25N3O2/c1-13-3-5-15(6-4-13)18-12-24(21(25)17-11-22-26-14(17)2)19-16-7-9-23(10-8-16)20(18)19/h3-6,11,16,18-20H,7-10,12H2,1-2H3/t18-,19-,20-/m0/s1. The van der Waals surface area contributed by atoms with Gasteiger partial charge in [0.15, 0.2) is 0 Å². The summed E-state index contributed by atoms with van der Waals surface area (Å²) in [5.41, 5.74) is 3.25. The van der Waals surface area contributed by atoms with Gasteiger partial charge in [0.1, 0.15) is 11.3 Å². The molecule has 4 saturated heterocycles. The van der Waals surface area contributed by atoms with Crippen molar-refractivity contribution in [2.24, 2.45) is 5.92 Å². The molecule has 4 aliphatic heterocycles. The summed E-state index contributed by atoms with van der Waals surface area (Å²) in [6, 6.07) is 9.63. The van der Waals surface area contributed by atoms with Gasteiger partial charge in [-0.25, -0.2) is 0 Å². The summed E-state index contributed by atoms with van der Waals surface area (Å²) in [6.07, 6.45) is 3.98. The van der Waals surface area contributed by atoms with Crippen molar-refractivity contribution in [2.45, 2.75) is 44.7 Å². The lowest BCUT2D eigenvalue weighted by molar-refractivity contribution is -0.00345. The summed E-state index contributed by atoms with van der Waals surface area (Å²) < 4.78 is 5.16. The Kier molecular flexibility index (Phi) is 3.67. The first kappa shape index (κ1) is 16.1. The summed E-state index contributed by atoms with van der Waals surface area (Å²) in [5, 5.41) is 3.82. The van der Waals surface area contributed by atoms with E-state index in [9.17, 15) is 4.79 Å². The van der Waals surface area contributed by atoms with Gasteiger partial charge in [-0.15, -0.1) is 0 Å². The molecule has 5 heterocycles. The number of piperidine rings is 3. The number of carbonyl (C=O) groups excluding carboxylic acids is 1. The van der Waals surface area contributed by atoms with Crippen LogP contribution in [0.1, 0.15) is 46.0 Å². The number of carbonyl (C=O) groups is 1. The van der Waals surface area contributed by atoms with Crippen molar-refractivity contribution < 1.29 is 9.32 Å². The number of amides is 1. The fourth-order valence-corrected chi connectivity index (χ4v) is 5.42. The first-order valence-electron chi connectivity index (χ1n) is 9.66. The maximum Gasteiger partial charge on any atom is 0.259 e. The smallest absolute Gasteiger partial charge is 0.259 e. The molecular formula is C21H25N3O2. The Bertz CT molecular complexity index is 820. The predicted octanol–water partition coefficient (Wildman–Crippen LogP) is 2.99. The Labute approximate surface area is 153 Å². The number of rotatable bonds is 2. The summed E-state index contributed by atoms with van der Waals surface area (Å²) in [5.74, 6) is 1.70. The topological polar surface area (TPSA) is 49.6 Å². The van der Waals surface area contributed by atoms with E-state index >= 15 is 0 Å². The average molecular weight is 351 g/mol. The van der Waals surface area contributed by atoms with Crippen LogP contribution < -0.4 is 0 Å². The molecule has 0 saturated carbocycles. The van der Waals surface area contributed by atoms with E-state index in [0.29, 0.717) is 35.2 Å². The molecule has 0 aliphatic carbocycles. The number of benzene rings is 1. The second kappa shape index (κ2) is 5.95. The van der Waals surface area contributed by atoms with Gasteiger partial charge >= 0.3 is 0 Å². The van der Waals surface area contributed by atoms with Crippen molar-refractivity contribution in [2.75, 3.05) is 19.6 Å². The minimum atomic E-state index is 0.0853. The number of nitrogens with zero attached hydrogens (tertiary/aromatic N) is 3. The molecule has 4 fully saturated rings. The first-order chi connectivity index (χ1) is 12.6. The van der Waals surface area contributed by atoms with Crippen LogP contribution in [-0.4, -0.2) is 52.6 Å². The van der Waals surface area contributed by atoms with E-state index in [1.165, 1.54) is 37.1 Å². The van der Waals surface area contributed by atoms with Crippen LogP contribution in [0.15, 0.2) is 35.0 Å².